The number of rotatable bonds is 4. The fraction of sp³-hybridized carbons (Fsp3) is 0.300. The maximum Gasteiger partial charge on any atom is 0.243 e. The van der Waals surface area contributed by atoms with Crippen LogP contribution < -0.4 is 11.1 Å². The zero-order chi connectivity index (χ0) is 11.3. The molecular weight excluding hydrogens is 196 g/mol. The number of carbonyl (C=O) groups is 1. The van der Waals surface area contributed by atoms with E-state index in [0.29, 0.717) is 5.69 Å². The Bertz CT molecular complexity index is 341. The number of methoxy groups -OCH3 is 1. The second-order valence-corrected chi connectivity index (χ2v) is 3.07. The van der Waals surface area contributed by atoms with E-state index in [1.165, 1.54) is 13.2 Å². The summed E-state index contributed by atoms with van der Waals surface area (Å²) >= 11 is 0. The van der Waals surface area contributed by atoms with E-state index in [9.17, 15) is 9.90 Å². The summed E-state index contributed by atoms with van der Waals surface area (Å²) in [6.45, 7) is 0.138. The maximum atomic E-state index is 11.4. The number of nitrogens with two attached hydrogens (primary N) is 1. The minimum atomic E-state index is -0.741. The van der Waals surface area contributed by atoms with Crippen molar-refractivity contribution in [1.82, 2.24) is 0 Å². The highest BCUT2D eigenvalue weighted by atomic mass is 16.5. The Morgan fingerprint density at radius 1 is 1.60 bits per heavy atom. The van der Waals surface area contributed by atoms with E-state index in [4.69, 9.17) is 10.5 Å². The monoisotopic (exact) mass is 210 g/mol. The van der Waals surface area contributed by atoms with Gasteiger partial charge in [0.05, 0.1) is 12.3 Å². The SMILES string of the molecule is COCC(N)C(=O)Nc1ccccc1O. The van der Waals surface area contributed by atoms with E-state index >= 15 is 0 Å². The number of benzene rings is 1. The number of carbonyl (C=O) groups excluding carboxylic acids is 1. The number of para-hydroxylation sites is 2. The van der Waals surface area contributed by atoms with Crippen LogP contribution in [0.4, 0.5) is 5.69 Å². The van der Waals surface area contributed by atoms with Crippen LogP contribution >= 0.6 is 0 Å². The molecule has 5 heteroatoms. The van der Waals surface area contributed by atoms with Gasteiger partial charge < -0.3 is 20.9 Å². The first kappa shape index (κ1) is 11.5. The van der Waals surface area contributed by atoms with Gasteiger partial charge in [-0.15, -0.1) is 0 Å². The number of anilines is 1. The molecule has 82 valence electrons. The van der Waals surface area contributed by atoms with Crippen LogP contribution in [0.5, 0.6) is 5.75 Å². The Balaban J connectivity index is 2.62. The lowest BCUT2D eigenvalue weighted by molar-refractivity contribution is -0.118. The lowest BCUT2D eigenvalue weighted by atomic mass is 10.2. The molecule has 0 aliphatic carbocycles. The van der Waals surface area contributed by atoms with Gasteiger partial charge in [0.25, 0.3) is 0 Å². The number of nitrogens with one attached hydrogen (secondary N) is 1. The minimum absolute atomic E-state index is 0.00969. The first-order valence-electron chi connectivity index (χ1n) is 4.48. The van der Waals surface area contributed by atoms with Crippen LogP contribution in [0, 0.1) is 0 Å². The molecule has 0 aromatic heterocycles. The number of aromatic hydroxyl groups is 1. The van der Waals surface area contributed by atoms with E-state index in [1.807, 2.05) is 0 Å². The Hall–Kier alpha value is -1.59. The second kappa shape index (κ2) is 5.33. The molecule has 1 amide bonds. The van der Waals surface area contributed by atoms with Gasteiger partial charge >= 0.3 is 0 Å². The smallest absolute Gasteiger partial charge is 0.243 e. The molecule has 1 aromatic carbocycles. The third-order valence-electron chi connectivity index (χ3n) is 1.84. The summed E-state index contributed by atoms with van der Waals surface area (Å²) in [5, 5.41) is 11.9. The summed E-state index contributed by atoms with van der Waals surface area (Å²) in [4.78, 5) is 11.4. The predicted molar refractivity (Wildman–Crippen MR) is 56.6 cm³/mol. The second-order valence-electron chi connectivity index (χ2n) is 3.07. The Kier molecular flexibility index (Phi) is 4.08. The molecule has 0 heterocycles. The van der Waals surface area contributed by atoms with Gasteiger partial charge in [0.15, 0.2) is 0 Å². The summed E-state index contributed by atoms with van der Waals surface area (Å²) in [6.07, 6.45) is 0. The maximum absolute atomic E-state index is 11.4. The molecule has 0 aliphatic rings. The fourth-order valence-electron chi connectivity index (χ4n) is 1.06. The van der Waals surface area contributed by atoms with E-state index in [-0.39, 0.29) is 12.4 Å². The molecule has 5 nitrogen and oxygen atoms in total. The summed E-state index contributed by atoms with van der Waals surface area (Å²) in [5.41, 5.74) is 5.85. The average molecular weight is 210 g/mol. The molecule has 0 spiro atoms. The van der Waals surface area contributed by atoms with Crippen molar-refractivity contribution in [2.24, 2.45) is 5.73 Å². The van der Waals surface area contributed by atoms with E-state index in [2.05, 4.69) is 5.32 Å². The van der Waals surface area contributed by atoms with Gasteiger partial charge in [-0.2, -0.15) is 0 Å². The molecule has 1 atom stereocenters. The van der Waals surface area contributed by atoms with Crippen molar-refractivity contribution in [3.63, 3.8) is 0 Å². The van der Waals surface area contributed by atoms with Crippen molar-refractivity contribution in [3.8, 4) is 5.75 Å². The number of ether oxygens (including phenoxy) is 1. The highest BCUT2D eigenvalue weighted by Crippen LogP contribution is 2.21. The van der Waals surface area contributed by atoms with Crippen molar-refractivity contribution in [2.45, 2.75) is 6.04 Å². The van der Waals surface area contributed by atoms with Gasteiger partial charge in [-0.25, -0.2) is 0 Å². The Labute approximate surface area is 87.9 Å². The van der Waals surface area contributed by atoms with Crippen LogP contribution in [0.2, 0.25) is 0 Å². The van der Waals surface area contributed by atoms with Crippen molar-refractivity contribution in [1.29, 1.82) is 0 Å². The topological polar surface area (TPSA) is 84.6 Å². The number of phenolic OH excluding ortho intramolecular Hbond substituents is 1. The van der Waals surface area contributed by atoms with Crippen molar-refractivity contribution in [3.05, 3.63) is 24.3 Å². The van der Waals surface area contributed by atoms with Gasteiger partial charge in [-0.1, -0.05) is 12.1 Å². The van der Waals surface area contributed by atoms with Crippen LogP contribution in [-0.4, -0.2) is 30.8 Å². The lowest BCUT2D eigenvalue weighted by Gasteiger charge is -2.11. The zero-order valence-corrected chi connectivity index (χ0v) is 8.43. The predicted octanol–water partition coefficient (Wildman–Crippen LogP) is 0.304. The van der Waals surface area contributed by atoms with Crippen LogP contribution in [0.3, 0.4) is 0 Å². The molecule has 0 aliphatic heterocycles. The van der Waals surface area contributed by atoms with Crippen molar-refractivity contribution >= 4 is 11.6 Å². The first-order valence-corrected chi connectivity index (χ1v) is 4.48. The number of hydrogen-bond donors (Lipinski definition) is 3. The normalized spacial score (nSPS) is 12.1. The molecule has 0 saturated carbocycles. The number of phenols is 1. The molecule has 0 bridgehead atoms. The highest BCUT2D eigenvalue weighted by Gasteiger charge is 2.14. The standard InChI is InChI=1S/C10H14N2O3/c1-15-6-7(11)10(14)12-8-4-2-3-5-9(8)13/h2-5,7,13H,6,11H2,1H3,(H,12,14). The van der Waals surface area contributed by atoms with E-state index in [1.54, 1.807) is 18.2 Å². The highest BCUT2D eigenvalue weighted by molar-refractivity contribution is 5.95. The fourth-order valence-corrected chi connectivity index (χ4v) is 1.06. The van der Waals surface area contributed by atoms with Gasteiger partial charge in [0.1, 0.15) is 11.8 Å². The van der Waals surface area contributed by atoms with Crippen molar-refractivity contribution < 1.29 is 14.6 Å². The van der Waals surface area contributed by atoms with Crippen LogP contribution in [0.15, 0.2) is 24.3 Å². The molecule has 0 fully saturated rings. The largest absolute Gasteiger partial charge is 0.506 e. The minimum Gasteiger partial charge on any atom is -0.506 e. The van der Waals surface area contributed by atoms with E-state index < -0.39 is 11.9 Å². The Morgan fingerprint density at radius 3 is 2.87 bits per heavy atom. The number of amides is 1. The molecule has 15 heavy (non-hydrogen) atoms. The summed E-state index contributed by atoms with van der Waals surface area (Å²) in [6, 6.07) is 5.70. The van der Waals surface area contributed by atoms with E-state index in [0.717, 1.165) is 0 Å². The average Bonchev–Trinajstić information content (AvgIpc) is 2.21. The molecule has 1 rings (SSSR count). The molecule has 1 unspecified atom stereocenters. The zero-order valence-electron chi connectivity index (χ0n) is 8.43. The summed E-state index contributed by atoms with van der Waals surface area (Å²) < 4.78 is 4.74. The molecule has 1 aromatic rings. The van der Waals surface area contributed by atoms with Gasteiger partial charge in [0, 0.05) is 7.11 Å². The van der Waals surface area contributed by atoms with Crippen molar-refractivity contribution in [2.75, 3.05) is 19.0 Å². The van der Waals surface area contributed by atoms with Crippen LogP contribution in [-0.2, 0) is 9.53 Å². The molecular formula is C10H14N2O3. The third-order valence-corrected chi connectivity index (χ3v) is 1.84. The molecule has 0 saturated heterocycles. The van der Waals surface area contributed by atoms with Crippen LogP contribution in [0.1, 0.15) is 0 Å². The number of hydrogen-bond acceptors (Lipinski definition) is 4. The molecule has 4 N–H and O–H groups in total. The van der Waals surface area contributed by atoms with Gasteiger partial charge in [-0.3, -0.25) is 4.79 Å². The van der Waals surface area contributed by atoms with Gasteiger partial charge in [0.2, 0.25) is 5.91 Å². The Morgan fingerprint density at radius 2 is 2.27 bits per heavy atom. The third kappa shape index (κ3) is 3.23. The first-order chi connectivity index (χ1) is 7.15. The molecule has 0 radical (unpaired) electrons. The van der Waals surface area contributed by atoms with Gasteiger partial charge in [-0.05, 0) is 12.1 Å². The summed E-state index contributed by atoms with van der Waals surface area (Å²) in [5.74, 6) is -0.381. The summed E-state index contributed by atoms with van der Waals surface area (Å²) in [7, 11) is 1.47. The quantitative estimate of drug-likeness (QED) is 0.624. The lowest BCUT2D eigenvalue weighted by Crippen LogP contribution is -2.39. The van der Waals surface area contributed by atoms with Crippen LogP contribution in [0.25, 0.3) is 0 Å².